The molecule has 1 atom stereocenters. The molecule has 1 aromatic rings. The van der Waals surface area contributed by atoms with Gasteiger partial charge in [0.2, 0.25) is 0 Å². The van der Waals surface area contributed by atoms with Gasteiger partial charge in [0.15, 0.2) is 0 Å². The van der Waals surface area contributed by atoms with Crippen LogP contribution in [-0.4, -0.2) is 29.2 Å². The molecule has 1 aromatic heterocycles. The number of nitrogens with zero attached hydrogens (tertiary/aromatic N) is 1. The third-order valence-electron chi connectivity index (χ3n) is 1.72. The lowest BCUT2D eigenvalue weighted by atomic mass is 10.2. The van der Waals surface area contributed by atoms with Crippen LogP contribution in [0.2, 0.25) is 0 Å². The molecule has 0 saturated heterocycles. The van der Waals surface area contributed by atoms with Crippen molar-refractivity contribution >= 4 is 0 Å². The van der Waals surface area contributed by atoms with Crippen LogP contribution in [0, 0.1) is 0 Å². The summed E-state index contributed by atoms with van der Waals surface area (Å²) in [5, 5.41) is 11.5. The summed E-state index contributed by atoms with van der Waals surface area (Å²) in [6, 6.07) is 3.56. The highest BCUT2D eigenvalue weighted by molar-refractivity contribution is 5.08. The van der Waals surface area contributed by atoms with Crippen molar-refractivity contribution in [3.63, 3.8) is 0 Å². The lowest BCUT2D eigenvalue weighted by molar-refractivity contribution is -0.00340. The smallest absolute Gasteiger partial charge is 0.265 e. The van der Waals surface area contributed by atoms with Gasteiger partial charge in [-0.15, -0.1) is 0 Å². The summed E-state index contributed by atoms with van der Waals surface area (Å²) in [6.45, 7) is 0.340. The Bertz CT molecular complexity index is 256. The minimum Gasteiger partial charge on any atom is -0.386 e. The van der Waals surface area contributed by atoms with Crippen LogP contribution >= 0.6 is 0 Å². The summed E-state index contributed by atoms with van der Waals surface area (Å²) in [5.41, 5.74) is 0.946. The second-order valence-electron chi connectivity index (χ2n) is 2.89. The van der Waals surface area contributed by atoms with Crippen LogP contribution in [-0.2, 0) is 6.54 Å². The number of aliphatic hydroxyl groups is 1. The molecule has 1 heterocycles. The Labute approximate surface area is 80.8 Å². The number of nitrogens with one attached hydrogen (secondary N) is 1. The van der Waals surface area contributed by atoms with Crippen LogP contribution in [0.4, 0.5) is 8.78 Å². The van der Waals surface area contributed by atoms with Crippen molar-refractivity contribution in [3.05, 3.63) is 30.1 Å². The minimum absolute atomic E-state index is 0.111. The van der Waals surface area contributed by atoms with Crippen molar-refractivity contribution < 1.29 is 13.9 Å². The van der Waals surface area contributed by atoms with Crippen LogP contribution in [0.25, 0.3) is 0 Å². The molecule has 0 radical (unpaired) electrons. The largest absolute Gasteiger partial charge is 0.386 e. The zero-order valence-corrected chi connectivity index (χ0v) is 7.53. The summed E-state index contributed by atoms with van der Waals surface area (Å²) in [5.74, 6) is 0. The average molecular weight is 202 g/mol. The van der Waals surface area contributed by atoms with Gasteiger partial charge in [0.1, 0.15) is 6.10 Å². The zero-order valence-electron chi connectivity index (χ0n) is 7.53. The Hall–Kier alpha value is -1.07. The predicted octanol–water partition coefficient (Wildman–Crippen LogP) is 0.797. The van der Waals surface area contributed by atoms with Gasteiger partial charge in [-0.25, -0.2) is 8.78 Å². The van der Waals surface area contributed by atoms with E-state index in [0.717, 1.165) is 5.56 Å². The molecule has 0 amide bonds. The number of hydrogen-bond acceptors (Lipinski definition) is 3. The Morgan fingerprint density at radius 2 is 2.00 bits per heavy atom. The first-order chi connectivity index (χ1) is 6.70. The summed E-state index contributed by atoms with van der Waals surface area (Å²) >= 11 is 0. The van der Waals surface area contributed by atoms with Gasteiger partial charge in [0.05, 0.1) is 0 Å². The topological polar surface area (TPSA) is 45.1 Å². The first-order valence-corrected chi connectivity index (χ1v) is 4.26. The van der Waals surface area contributed by atoms with Crippen LogP contribution in [0.3, 0.4) is 0 Å². The Morgan fingerprint density at radius 3 is 2.57 bits per heavy atom. The van der Waals surface area contributed by atoms with E-state index in [2.05, 4.69) is 10.3 Å². The molecule has 0 aliphatic carbocycles. The normalized spacial score (nSPS) is 13.1. The number of alkyl halides is 2. The predicted molar refractivity (Wildman–Crippen MR) is 48.0 cm³/mol. The molecule has 2 N–H and O–H groups in total. The Morgan fingerprint density at radius 1 is 1.36 bits per heavy atom. The Kier molecular flexibility index (Phi) is 4.42. The number of aliphatic hydroxyl groups excluding tert-OH is 1. The summed E-state index contributed by atoms with van der Waals surface area (Å²) in [4.78, 5) is 3.82. The van der Waals surface area contributed by atoms with Gasteiger partial charge < -0.3 is 10.4 Å². The zero-order chi connectivity index (χ0) is 10.4. The minimum atomic E-state index is -2.69. The molecule has 3 nitrogen and oxygen atoms in total. The third-order valence-corrected chi connectivity index (χ3v) is 1.72. The van der Waals surface area contributed by atoms with Crippen molar-refractivity contribution in [1.29, 1.82) is 0 Å². The van der Waals surface area contributed by atoms with Crippen molar-refractivity contribution in [1.82, 2.24) is 10.3 Å². The highest BCUT2D eigenvalue weighted by Crippen LogP contribution is 2.00. The maximum atomic E-state index is 11.9. The number of rotatable bonds is 5. The van der Waals surface area contributed by atoms with E-state index in [1.54, 1.807) is 24.5 Å². The van der Waals surface area contributed by atoms with Crippen LogP contribution in [0.5, 0.6) is 0 Å². The first kappa shape index (κ1) is 11.0. The molecular formula is C9H12F2N2O. The number of halogens is 2. The van der Waals surface area contributed by atoms with E-state index in [1.165, 1.54) is 0 Å². The van der Waals surface area contributed by atoms with Gasteiger partial charge in [0.25, 0.3) is 6.43 Å². The quantitative estimate of drug-likeness (QED) is 0.742. The highest BCUT2D eigenvalue weighted by atomic mass is 19.3. The van der Waals surface area contributed by atoms with Crippen LogP contribution in [0.15, 0.2) is 24.5 Å². The summed E-state index contributed by atoms with van der Waals surface area (Å²) in [6.07, 6.45) is -1.04. The van der Waals surface area contributed by atoms with Gasteiger partial charge in [0, 0.05) is 25.5 Å². The van der Waals surface area contributed by atoms with E-state index in [0.29, 0.717) is 6.54 Å². The molecule has 0 fully saturated rings. The maximum Gasteiger partial charge on any atom is 0.265 e. The van der Waals surface area contributed by atoms with Gasteiger partial charge in [-0.2, -0.15) is 0 Å². The van der Waals surface area contributed by atoms with Crippen LogP contribution in [0.1, 0.15) is 5.56 Å². The second-order valence-corrected chi connectivity index (χ2v) is 2.89. The van der Waals surface area contributed by atoms with Crippen molar-refractivity contribution in [3.8, 4) is 0 Å². The lowest BCUT2D eigenvalue weighted by Gasteiger charge is -2.10. The molecular weight excluding hydrogens is 190 g/mol. The molecule has 0 aliphatic heterocycles. The molecule has 1 rings (SSSR count). The molecule has 1 unspecified atom stereocenters. The third kappa shape index (κ3) is 3.76. The fraction of sp³-hybridized carbons (Fsp3) is 0.444. The molecule has 0 saturated carbocycles. The van der Waals surface area contributed by atoms with Gasteiger partial charge in [-0.1, -0.05) is 0 Å². The molecule has 0 aromatic carbocycles. The lowest BCUT2D eigenvalue weighted by Crippen LogP contribution is -2.31. The molecule has 0 bridgehead atoms. The fourth-order valence-electron chi connectivity index (χ4n) is 0.954. The molecule has 78 valence electrons. The molecule has 0 spiro atoms. The van der Waals surface area contributed by atoms with E-state index >= 15 is 0 Å². The number of pyridine rings is 1. The van der Waals surface area contributed by atoms with Gasteiger partial charge in [-0.3, -0.25) is 4.98 Å². The highest BCUT2D eigenvalue weighted by Gasteiger charge is 2.15. The first-order valence-electron chi connectivity index (χ1n) is 4.26. The average Bonchev–Trinajstić information content (AvgIpc) is 2.19. The van der Waals surface area contributed by atoms with E-state index in [-0.39, 0.29) is 6.54 Å². The second kappa shape index (κ2) is 5.62. The van der Waals surface area contributed by atoms with Crippen LogP contribution < -0.4 is 5.32 Å². The van der Waals surface area contributed by atoms with Crippen molar-refractivity contribution in [2.45, 2.75) is 19.1 Å². The fourth-order valence-corrected chi connectivity index (χ4v) is 0.954. The summed E-state index contributed by atoms with van der Waals surface area (Å²) in [7, 11) is 0. The van der Waals surface area contributed by atoms with E-state index in [4.69, 9.17) is 5.11 Å². The number of aromatic nitrogens is 1. The SMILES string of the molecule is OC(CNCc1ccncc1)C(F)F. The van der Waals surface area contributed by atoms with Gasteiger partial charge >= 0.3 is 0 Å². The van der Waals surface area contributed by atoms with Crippen molar-refractivity contribution in [2.75, 3.05) is 6.54 Å². The molecule has 0 aliphatic rings. The maximum absolute atomic E-state index is 11.9. The van der Waals surface area contributed by atoms with E-state index in [9.17, 15) is 8.78 Å². The summed E-state index contributed by atoms with van der Waals surface area (Å²) < 4.78 is 23.7. The standard InChI is InChI=1S/C9H12F2N2O/c10-9(11)8(14)6-13-5-7-1-3-12-4-2-7/h1-4,8-9,13-14H,5-6H2. The molecule has 14 heavy (non-hydrogen) atoms. The van der Waals surface area contributed by atoms with Gasteiger partial charge in [-0.05, 0) is 17.7 Å². The molecule has 5 heteroatoms. The number of hydrogen-bond donors (Lipinski definition) is 2. The van der Waals surface area contributed by atoms with E-state index < -0.39 is 12.5 Å². The Balaban J connectivity index is 2.22. The van der Waals surface area contributed by atoms with E-state index in [1.807, 2.05) is 0 Å². The van der Waals surface area contributed by atoms with Crippen molar-refractivity contribution in [2.24, 2.45) is 0 Å². The monoisotopic (exact) mass is 202 g/mol.